The minimum absolute atomic E-state index is 0.00396. The standard InChI is InChI=1S/C20H28F3N5/c1-13(16-7-6-8-17(11-16)20(21,22)23)9-10-25-19(24-4)26-12-18-14(2)27-28(5)15(18)3/h6-8,11,13H,9-10,12H2,1-5H3,(H2,24,25,26). The highest BCUT2D eigenvalue weighted by molar-refractivity contribution is 5.79. The lowest BCUT2D eigenvalue weighted by Gasteiger charge is -2.16. The number of nitrogens with zero attached hydrogens (tertiary/aromatic N) is 3. The molecule has 0 aliphatic rings. The highest BCUT2D eigenvalue weighted by atomic mass is 19.4. The van der Waals surface area contributed by atoms with Gasteiger partial charge in [0.1, 0.15) is 0 Å². The summed E-state index contributed by atoms with van der Waals surface area (Å²) in [5, 5.41) is 10.9. The van der Waals surface area contributed by atoms with Gasteiger partial charge in [-0.1, -0.05) is 25.1 Å². The van der Waals surface area contributed by atoms with E-state index in [1.807, 2.05) is 32.5 Å². The Hall–Kier alpha value is -2.51. The number of aryl methyl sites for hydroxylation is 2. The summed E-state index contributed by atoms with van der Waals surface area (Å²) in [6.45, 7) is 7.12. The van der Waals surface area contributed by atoms with Crippen LogP contribution in [-0.4, -0.2) is 29.3 Å². The Balaban J connectivity index is 1.87. The number of hydrogen-bond donors (Lipinski definition) is 2. The maximum Gasteiger partial charge on any atom is 0.416 e. The Labute approximate surface area is 164 Å². The molecular formula is C20H28F3N5. The van der Waals surface area contributed by atoms with E-state index >= 15 is 0 Å². The van der Waals surface area contributed by atoms with Gasteiger partial charge >= 0.3 is 6.18 Å². The number of aromatic nitrogens is 2. The van der Waals surface area contributed by atoms with E-state index in [0.717, 1.165) is 23.0 Å². The Morgan fingerprint density at radius 1 is 1.25 bits per heavy atom. The van der Waals surface area contributed by atoms with Crippen molar-refractivity contribution in [1.82, 2.24) is 20.4 Å². The van der Waals surface area contributed by atoms with Crippen LogP contribution in [-0.2, 0) is 19.8 Å². The fraction of sp³-hybridized carbons (Fsp3) is 0.500. The summed E-state index contributed by atoms with van der Waals surface area (Å²) in [6, 6.07) is 5.52. The van der Waals surface area contributed by atoms with Gasteiger partial charge < -0.3 is 10.6 Å². The van der Waals surface area contributed by atoms with Gasteiger partial charge in [0, 0.05) is 38.4 Å². The molecule has 2 N–H and O–H groups in total. The molecule has 2 rings (SSSR count). The minimum Gasteiger partial charge on any atom is -0.356 e. The third-order valence-corrected chi connectivity index (χ3v) is 4.97. The molecule has 1 aromatic heterocycles. The van der Waals surface area contributed by atoms with Crippen molar-refractivity contribution in [3.8, 4) is 0 Å². The Kier molecular flexibility index (Phi) is 7.10. The van der Waals surface area contributed by atoms with Gasteiger partial charge in [-0.3, -0.25) is 9.67 Å². The van der Waals surface area contributed by atoms with Crippen molar-refractivity contribution in [3.05, 3.63) is 52.3 Å². The normalized spacial score (nSPS) is 13.5. The van der Waals surface area contributed by atoms with E-state index in [2.05, 4.69) is 20.7 Å². The Bertz CT molecular complexity index is 824. The molecule has 0 bridgehead atoms. The van der Waals surface area contributed by atoms with Gasteiger partial charge in [-0.25, -0.2) is 0 Å². The molecule has 0 saturated heterocycles. The molecule has 0 saturated carbocycles. The van der Waals surface area contributed by atoms with Crippen LogP contribution < -0.4 is 10.6 Å². The van der Waals surface area contributed by atoms with Crippen LogP contribution in [0.1, 0.15) is 47.3 Å². The average Bonchev–Trinajstić information content (AvgIpc) is 2.89. The topological polar surface area (TPSA) is 54.2 Å². The summed E-state index contributed by atoms with van der Waals surface area (Å²) in [5.74, 6) is 0.648. The fourth-order valence-corrected chi connectivity index (χ4v) is 3.06. The van der Waals surface area contributed by atoms with E-state index in [1.54, 1.807) is 13.1 Å². The predicted molar refractivity (Wildman–Crippen MR) is 105 cm³/mol. The van der Waals surface area contributed by atoms with Crippen LogP contribution in [0.2, 0.25) is 0 Å². The molecule has 154 valence electrons. The van der Waals surface area contributed by atoms with E-state index in [0.29, 0.717) is 31.0 Å². The quantitative estimate of drug-likeness (QED) is 0.576. The number of hydrogen-bond acceptors (Lipinski definition) is 2. The van der Waals surface area contributed by atoms with Crippen molar-refractivity contribution in [2.24, 2.45) is 12.0 Å². The first-order valence-corrected chi connectivity index (χ1v) is 9.24. The maximum absolute atomic E-state index is 12.9. The van der Waals surface area contributed by atoms with Crippen LogP contribution in [0, 0.1) is 13.8 Å². The number of aliphatic imine (C=N–C) groups is 1. The van der Waals surface area contributed by atoms with Gasteiger partial charge in [-0.2, -0.15) is 18.3 Å². The van der Waals surface area contributed by atoms with Crippen molar-refractivity contribution in [2.45, 2.75) is 45.8 Å². The average molecular weight is 395 g/mol. The summed E-state index contributed by atoms with van der Waals surface area (Å²) in [7, 11) is 3.60. The number of halogens is 3. The van der Waals surface area contributed by atoms with Gasteiger partial charge in [0.25, 0.3) is 0 Å². The lowest BCUT2D eigenvalue weighted by atomic mass is 9.96. The molecular weight excluding hydrogens is 367 g/mol. The smallest absolute Gasteiger partial charge is 0.356 e. The van der Waals surface area contributed by atoms with Gasteiger partial charge in [0.2, 0.25) is 0 Å². The molecule has 2 aromatic rings. The number of rotatable bonds is 6. The molecule has 1 unspecified atom stereocenters. The first-order valence-electron chi connectivity index (χ1n) is 9.24. The van der Waals surface area contributed by atoms with E-state index in [4.69, 9.17) is 0 Å². The second kappa shape index (κ2) is 9.12. The SMILES string of the molecule is CN=C(NCCC(C)c1cccc(C(F)(F)F)c1)NCc1c(C)nn(C)c1C. The van der Waals surface area contributed by atoms with Crippen molar-refractivity contribution >= 4 is 5.96 Å². The molecule has 0 radical (unpaired) electrons. The van der Waals surface area contributed by atoms with Gasteiger partial charge in [-0.05, 0) is 37.8 Å². The van der Waals surface area contributed by atoms with Crippen molar-refractivity contribution in [2.75, 3.05) is 13.6 Å². The van der Waals surface area contributed by atoms with Crippen molar-refractivity contribution in [3.63, 3.8) is 0 Å². The first kappa shape index (κ1) is 21.8. The number of benzene rings is 1. The number of alkyl halides is 3. The third kappa shape index (κ3) is 5.50. The largest absolute Gasteiger partial charge is 0.416 e. The zero-order valence-corrected chi connectivity index (χ0v) is 17.0. The lowest BCUT2D eigenvalue weighted by Crippen LogP contribution is -2.37. The summed E-state index contributed by atoms with van der Waals surface area (Å²) in [4.78, 5) is 4.20. The molecule has 0 aliphatic heterocycles. The molecule has 28 heavy (non-hydrogen) atoms. The molecule has 1 aromatic carbocycles. The van der Waals surface area contributed by atoms with E-state index in [9.17, 15) is 13.2 Å². The van der Waals surface area contributed by atoms with Crippen LogP contribution in [0.4, 0.5) is 13.2 Å². The van der Waals surface area contributed by atoms with Crippen LogP contribution in [0.5, 0.6) is 0 Å². The van der Waals surface area contributed by atoms with E-state index < -0.39 is 11.7 Å². The van der Waals surface area contributed by atoms with Crippen LogP contribution >= 0.6 is 0 Å². The Morgan fingerprint density at radius 2 is 1.96 bits per heavy atom. The van der Waals surface area contributed by atoms with Gasteiger partial charge in [-0.15, -0.1) is 0 Å². The van der Waals surface area contributed by atoms with Crippen LogP contribution in [0.3, 0.4) is 0 Å². The van der Waals surface area contributed by atoms with E-state index in [-0.39, 0.29) is 5.92 Å². The summed E-state index contributed by atoms with van der Waals surface area (Å²) < 4.78 is 40.5. The highest BCUT2D eigenvalue weighted by Crippen LogP contribution is 2.31. The van der Waals surface area contributed by atoms with Gasteiger partial charge in [0.15, 0.2) is 5.96 Å². The zero-order chi connectivity index (χ0) is 20.9. The fourth-order valence-electron chi connectivity index (χ4n) is 3.06. The van der Waals surface area contributed by atoms with Crippen LogP contribution in [0.25, 0.3) is 0 Å². The first-order chi connectivity index (χ1) is 13.1. The molecule has 1 atom stereocenters. The predicted octanol–water partition coefficient (Wildman–Crippen LogP) is 3.91. The molecule has 0 aliphatic carbocycles. The lowest BCUT2D eigenvalue weighted by molar-refractivity contribution is -0.137. The van der Waals surface area contributed by atoms with Crippen LogP contribution in [0.15, 0.2) is 29.3 Å². The monoisotopic (exact) mass is 395 g/mol. The molecule has 0 spiro atoms. The summed E-state index contributed by atoms with van der Waals surface area (Å²) >= 11 is 0. The zero-order valence-electron chi connectivity index (χ0n) is 17.0. The number of nitrogens with one attached hydrogen (secondary N) is 2. The van der Waals surface area contributed by atoms with E-state index in [1.165, 1.54) is 12.1 Å². The summed E-state index contributed by atoms with van der Waals surface area (Å²) in [5.41, 5.74) is 3.27. The molecule has 5 nitrogen and oxygen atoms in total. The maximum atomic E-state index is 12.9. The molecule has 0 fully saturated rings. The summed E-state index contributed by atoms with van der Waals surface area (Å²) in [6.07, 6.45) is -3.63. The number of guanidine groups is 1. The third-order valence-electron chi connectivity index (χ3n) is 4.97. The highest BCUT2D eigenvalue weighted by Gasteiger charge is 2.30. The Morgan fingerprint density at radius 3 is 2.54 bits per heavy atom. The molecule has 8 heteroatoms. The minimum atomic E-state index is -4.32. The second-order valence-corrected chi connectivity index (χ2v) is 6.94. The van der Waals surface area contributed by atoms with Crippen molar-refractivity contribution in [1.29, 1.82) is 0 Å². The second-order valence-electron chi connectivity index (χ2n) is 6.94. The molecule has 0 amide bonds. The van der Waals surface area contributed by atoms with Crippen molar-refractivity contribution < 1.29 is 13.2 Å². The molecule has 1 heterocycles. The van der Waals surface area contributed by atoms with Gasteiger partial charge in [0.05, 0.1) is 11.3 Å².